The van der Waals surface area contributed by atoms with Crippen molar-refractivity contribution in [1.29, 1.82) is 0 Å². The van der Waals surface area contributed by atoms with Crippen LogP contribution in [0.1, 0.15) is 47.0 Å². The van der Waals surface area contributed by atoms with E-state index in [2.05, 4.69) is 37.9 Å². The Bertz CT molecular complexity index is 209. The van der Waals surface area contributed by atoms with Crippen molar-refractivity contribution in [2.75, 3.05) is 32.8 Å². The number of unbranched alkanes of at least 4 members (excludes halogenated alkanes) is 1. The van der Waals surface area contributed by atoms with Gasteiger partial charge in [-0.25, -0.2) is 0 Å². The maximum absolute atomic E-state index is 5.70. The third-order valence-corrected chi connectivity index (χ3v) is 3.99. The van der Waals surface area contributed by atoms with Gasteiger partial charge < -0.3 is 10.1 Å². The summed E-state index contributed by atoms with van der Waals surface area (Å²) in [5.41, 5.74) is 0. The van der Waals surface area contributed by atoms with Crippen LogP contribution >= 0.6 is 0 Å². The molecule has 2 atom stereocenters. The Kier molecular flexibility index (Phi) is 7.87. The zero-order chi connectivity index (χ0) is 13.4. The van der Waals surface area contributed by atoms with E-state index in [4.69, 9.17) is 4.74 Å². The molecule has 1 aliphatic heterocycles. The predicted octanol–water partition coefficient (Wildman–Crippen LogP) is 2.51. The van der Waals surface area contributed by atoms with E-state index in [-0.39, 0.29) is 0 Å². The van der Waals surface area contributed by atoms with Crippen molar-refractivity contribution >= 4 is 0 Å². The molecular weight excluding hydrogens is 224 g/mol. The number of rotatable bonds is 7. The molecule has 1 N–H and O–H groups in total. The molecule has 18 heavy (non-hydrogen) atoms. The average molecular weight is 256 g/mol. The van der Waals surface area contributed by atoms with Gasteiger partial charge in [0.05, 0.1) is 6.61 Å². The van der Waals surface area contributed by atoms with Crippen LogP contribution in [0.5, 0.6) is 0 Å². The van der Waals surface area contributed by atoms with Crippen molar-refractivity contribution in [3.05, 3.63) is 0 Å². The minimum atomic E-state index is 0.630. The Morgan fingerprint density at radius 3 is 2.78 bits per heavy atom. The molecule has 0 amide bonds. The number of hydrogen-bond acceptors (Lipinski definition) is 3. The molecule has 1 saturated heterocycles. The van der Waals surface area contributed by atoms with Crippen LogP contribution in [0.2, 0.25) is 0 Å². The Hall–Kier alpha value is -0.120. The highest BCUT2D eigenvalue weighted by atomic mass is 16.5. The molecule has 1 fully saturated rings. The van der Waals surface area contributed by atoms with Gasteiger partial charge in [-0.15, -0.1) is 0 Å². The quantitative estimate of drug-likeness (QED) is 0.708. The number of hydrogen-bond donors (Lipinski definition) is 1. The normalized spacial score (nSPS) is 26.5. The van der Waals surface area contributed by atoms with Crippen molar-refractivity contribution in [2.45, 2.75) is 59.0 Å². The van der Waals surface area contributed by atoms with E-state index in [1.807, 2.05) is 0 Å². The molecule has 0 aromatic rings. The lowest BCUT2D eigenvalue weighted by atomic mass is 10.0. The van der Waals surface area contributed by atoms with Crippen LogP contribution in [0.3, 0.4) is 0 Å². The topological polar surface area (TPSA) is 24.5 Å². The molecule has 1 heterocycles. The van der Waals surface area contributed by atoms with Gasteiger partial charge in [0.1, 0.15) is 0 Å². The third kappa shape index (κ3) is 5.68. The highest BCUT2D eigenvalue weighted by molar-refractivity contribution is 4.82. The second kappa shape index (κ2) is 8.89. The minimum Gasteiger partial charge on any atom is -0.380 e. The Labute approximate surface area is 113 Å². The fourth-order valence-electron chi connectivity index (χ4n) is 2.45. The third-order valence-electron chi connectivity index (χ3n) is 3.99. The molecule has 3 nitrogen and oxygen atoms in total. The maximum atomic E-state index is 5.70. The fraction of sp³-hybridized carbons (Fsp3) is 1.00. The maximum Gasteiger partial charge on any atom is 0.0593 e. The van der Waals surface area contributed by atoms with Gasteiger partial charge >= 0.3 is 0 Å². The Morgan fingerprint density at radius 2 is 2.11 bits per heavy atom. The lowest BCUT2D eigenvalue weighted by molar-refractivity contribution is 0.0850. The lowest BCUT2D eigenvalue weighted by Gasteiger charge is -2.30. The molecule has 1 aliphatic rings. The number of nitrogens with one attached hydrogen (secondary N) is 1. The van der Waals surface area contributed by atoms with Crippen LogP contribution in [0.15, 0.2) is 0 Å². The van der Waals surface area contributed by atoms with Gasteiger partial charge in [-0.1, -0.05) is 27.2 Å². The van der Waals surface area contributed by atoms with Crippen LogP contribution in [0.25, 0.3) is 0 Å². The first-order valence-corrected chi connectivity index (χ1v) is 7.70. The summed E-state index contributed by atoms with van der Waals surface area (Å²) in [5.74, 6) is 0.707. The molecule has 0 aliphatic carbocycles. The first kappa shape index (κ1) is 15.9. The van der Waals surface area contributed by atoms with E-state index >= 15 is 0 Å². The standard InChI is InChI=1S/C15H32N2O/c1-5-6-10-18-11-9-17-12-15(13(2)3)16-8-7-14(17)4/h13-16H,5-12H2,1-4H3. The van der Waals surface area contributed by atoms with Gasteiger partial charge in [0.15, 0.2) is 0 Å². The van der Waals surface area contributed by atoms with Crippen molar-refractivity contribution in [1.82, 2.24) is 10.2 Å². The summed E-state index contributed by atoms with van der Waals surface area (Å²) in [7, 11) is 0. The van der Waals surface area contributed by atoms with Crippen molar-refractivity contribution in [3.8, 4) is 0 Å². The summed E-state index contributed by atoms with van der Waals surface area (Å²) < 4.78 is 5.70. The summed E-state index contributed by atoms with van der Waals surface area (Å²) in [5, 5.41) is 3.67. The highest BCUT2D eigenvalue weighted by Crippen LogP contribution is 2.13. The zero-order valence-corrected chi connectivity index (χ0v) is 12.7. The summed E-state index contributed by atoms with van der Waals surface area (Å²) in [6, 6.07) is 1.31. The van der Waals surface area contributed by atoms with Crippen molar-refractivity contribution < 1.29 is 4.74 Å². The first-order chi connectivity index (χ1) is 8.65. The van der Waals surface area contributed by atoms with Crippen LogP contribution in [0.4, 0.5) is 0 Å². The molecule has 0 aromatic carbocycles. The van der Waals surface area contributed by atoms with Gasteiger partial charge in [0.25, 0.3) is 0 Å². The summed E-state index contributed by atoms with van der Waals surface area (Å²) >= 11 is 0. The molecule has 2 unspecified atom stereocenters. The molecule has 0 radical (unpaired) electrons. The first-order valence-electron chi connectivity index (χ1n) is 7.70. The molecular formula is C15H32N2O. The van der Waals surface area contributed by atoms with Gasteiger partial charge in [0, 0.05) is 31.8 Å². The minimum absolute atomic E-state index is 0.630. The van der Waals surface area contributed by atoms with E-state index in [9.17, 15) is 0 Å². The van der Waals surface area contributed by atoms with Crippen LogP contribution < -0.4 is 5.32 Å². The zero-order valence-electron chi connectivity index (χ0n) is 12.7. The Morgan fingerprint density at radius 1 is 1.33 bits per heavy atom. The van der Waals surface area contributed by atoms with E-state index < -0.39 is 0 Å². The SMILES string of the molecule is CCCCOCCN1CC(C(C)C)NCCC1C. The van der Waals surface area contributed by atoms with Crippen LogP contribution in [0, 0.1) is 5.92 Å². The molecule has 108 valence electrons. The van der Waals surface area contributed by atoms with E-state index in [1.165, 1.54) is 19.3 Å². The van der Waals surface area contributed by atoms with Gasteiger partial charge in [0.2, 0.25) is 0 Å². The van der Waals surface area contributed by atoms with Crippen LogP contribution in [-0.2, 0) is 4.74 Å². The summed E-state index contributed by atoms with van der Waals surface area (Å²) in [6.07, 6.45) is 3.66. The highest BCUT2D eigenvalue weighted by Gasteiger charge is 2.24. The van der Waals surface area contributed by atoms with E-state index in [0.29, 0.717) is 18.0 Å². The molecule has 0 spiro atoms. The van der Waals surface area contributed by atoms with Crippen molar-refractivity contribution in [3.63, 3.8) is 0 Å². The van der Waals surface area contributed by atoms with E-state index in [1.54, 1.807) is 0 Å². The largest absolute Gasteiger partial charge is 0.380 e. The molecule has 0 bridgehead atoms. The lowest BCUT2D eigenvalue weighted by Crippen LogP contribution is -2.44. The summed E-state index contributed by atoms with van der Waals surface area (Å²) in [6.45, 7) is 14.4. The smallest absolute Gasteiger partial charge is 0.0593 e. The van der Waals surface area contributed by atoms with Gasteiger partial charge in [-0.3, -0.25) is 4.90 Å². The molecule has 0 saturated carbocycles. The van der Waals surface area contributed by atoms with Crippen LogP contribution in [-0.4, -0.2) is 49.8 Å². The second-order valence-electron chi connectivity index (χ2n) is 5.90. The monoisotopic (exact) mass is 256 g/mol. The molecule has 0 aromatic heterocycles. The molecule has 1 rings (SSSR count). The Balaban J connectivity index is 2.30. The van der Waals surface area contributed by atoms with Crippen molar-refractivity contribution in [2.24, 2.45) is 5.92 Å². The second-order valence-corrected chi connectivity index (χ2v) is 5.90. The average Bonchev–Trinajstić information content (AvgIpc) is 2.52. The predicted molar refractivity (Wildman–Crippen MR) is 78.0 cm³/mol. The summed E-state index contributed by atoms with van der Waals surface area (Å²) in [4.78, 5) is 2.59. The fourth-order valence-corrected chi connectivity index (χ4v) is 2.45. The van der Waals surface area contributed by atoms with Gasteiger partial charge in [-0.05, 0) is 32.2 Å². The number of ether oxygens (including phenoxy) is 1. The van der Waals surface area contributed by atoms with Gasteiger partial charge in [-0.2, -0.15) is 0 Å². The number of nitrogens with zero attached hydrogens (tertiary/aromatic N) is 1. The van der Waals surface area contributed by atoms with E-state index in [0.717, 1.165) is 32.8 Å². The molecule has 3 heteroatoms.